The normalized spacial score (nSPS) is 26.8. The minimum Gasteiger partial charge on any atom is -0.393 e. The molecule has 1 aromatic heterocycles. The number of hydrogen-bond acceptors (Lipinski definition) is 5. The first-order valence-corrected chi connectivity index (χ1v) is 8.76. The fourth-order valence-corrected chi connectivity index (χ4v) is 3.93. The lowest BCUT2D eigenvalue weighted by atomic mass is 9.93. The standard InChI is InChI=1S/C18H22N4O3/c23-16-3-1-2-14(16)15-10-25-9-8-22(15)18(24)13-6-4-12(5-7-13)17-19-11-20-21-17/h4-7,11,14-16,23H,1-3,8-10H2,(H,19,20,21)/t14-,15+,16-/m0/s1. The summed E-state index contributed by atoms with van der Waals surface area (Å²) in [6, 6.07) is 7.32. The van der Waals surface area contributed by atoms with Gasteiger partial charge in [0.1, 0.15) is 6.33 Å². The average Bonchev–Trinajstić information content (AvgIpc) is 3.33. The van der Waals surface area contributed by atoms with Crippen molar-refractivity contribution < 1.29 is 14.6 Å². The van der Waals surface area contributed by atoms with Gasteiger partial charge >= 0.3 is 0 Å². The topological polar surface area (TPSA) is 91.3 Å². The van der Waals surface area contributed by atoms with E-state index in [0.717, 1.165) is 24.8 Å². The number of aliphatic hydroxyl groups excluding tert-OH is 1. The van der Waals surface area contributed by atoms with Gasteiger partial charge in [0.2, 0.25) is 0 Å². The number of amides is 1. The molecule has 1 saturated carbocycles. The highest BCUT2D eigenvalue weighted by Gasteiger charge is 2.39. The molecule has 1 saturated heterocycles. The predicted molar refractivity (Wildman–Crippen MR) is 90.8 cm³/mol. The highest BCUT2D eigenvalue weighted by atomic mass is 16.5. The summed E-state index contributed by atoms with van der Waals surface area (Å²) in [6.45, 7) is 1.61. The van der Waals surface area contributed by atoms with E-state index in [4.69, 9.17) is 4.74 Å². The lowest BCUT2D eigenvalue weighted by Gasteiger charge is -2.40. The molecule has 0 radical (unpaired) electrons. The molecule has 25 heavy (non-hydrogen) atoms. The van der Waals surface area contributed by atoms with Crippen LogP contribution in [0.2, 0.25) is 0 Å². The Hall–Kier alpha value is -2.25. The smallest absolute Gasteiger partial charge is 0.254 e. The molecule has 1 aliphatic carbocycles. The number of carbonyl (C=O) groups is 1. The van der Waals surface area contributed by atoms with Gasteiger partial charge in [0.05, 0.1) is 25.4 Å². The maximum Gasteiger partial charge on any atom is 0.254 e. The van der Waals surface area contributed by atoms with Crippen LogP contribution in [-0.4, -0.2) is 63.0 Å². The first-order valence-electron chi connectivity index (χ1n) is 8.76. The van der Waals surface area contributed by atoms with Crippen LogP contribution in [0.1, 0.15) is 29.6 Å². The fraction of sp³-hybridized carbons (Fsp3) is 0.500. The number of aromatic amines is 1. The largest absolute Gasteiger partial charge is 0.393 e. The molecule has 0 unspecified atom stereocenters. The van der Waals surface area contributed by atoms with Crippen molar-refractivity contribution >= 4 is 5.91 Å². The van der Waals surface area contributed by atoms with E-state index in [1.54, 1.807) is 0 Å². The SMILES string of the molecule is O=C(c1ccc(-c2ncn[nH]2)cc1)N1CCOC[C@@H]1[C@@H]1CCC[C@@H]1O. The number of hydrogen-bond donors (Lipinski definition) is 2. The lowest BCUT2D eigenvalue weighted by molar-refractivity contribution is -0.0383. The van der Waals surface area contributed by atoms with E-state index < -0.39 is 0 Å². The van der Waals surface area contributed by atoms with Gasteiger partial charge in [-0.05, 0) is 25.0 Å². The molecule has 0 bridgehead atoms. The van der Waals surface area contributed by atoms with Gasteiger partial charge in [-0.3, -0.25) is 9.89 Å². The molecule has 2 fully saturated rings. The Kier molecular flexibility index (Phi) is 4.50. The van der Waals surface area contributed by atoms with Crippen LogP contribution < -0.4 is 0 Å². The van der Waals surface area contributed by atoms with Crippen LogP contribution >= 0.6 is 0 Å². The zero-order valence-electron chi connectivity index (χ0n) is 14.0. The maximum atomic E-state index is 13.0. The van der Waals surface area contributed by atoms with Crippen LogP contribution in [0.3, 0.4) is 0 Å². The first-order chi connectivity index (χ1) is 12.2. The zero-order valence-corrected chi connectivity index (χ0v) is 14.0. The second-order valence-corrected chi connectivity index (χ2v) is 6.71. The number of nitrogens with one attached hydrogen (secondary N) is 1. The van der Waals surface area contributed by atoms with E-state index in [9.17, 15) is 9.90 Å². The van der Waals surface area contributed by atoms with Crippen molar-refractivity contribution in [3.05, 3.63) is 36.2 Å². The Morgan fingerprint density at radius 2 is 2.12 bits per heavy atom. The van der Waals surface area contributed by atoms with Crippen molar-refractivity contribution in [1.29, 1.82) is 0 Å². The number of rotatable bonds is 3. The van der Waals surface area contributed by atoms with E-state index in [1.807, 2.05) is 29.2 Å². The third-order valence-electron chi connectivity index (χ3n) is 5.27. The molecular formula is C18H22N4O3. The molecule has 2 aliphatic rings. The minimum absolute atomic E-state index is 0.00322. The minimum atomic E-state index is -0.337. The molecule has 1 amide bonds. The number of aromatic nitrogens is 3. The highest BCUT2D eigenvalue weighted by molar-refractivity contribution is 5.95. The average molecular weight is 342 g/mol. The van der Waals surface area contributed by atoms with Gasteiger partial charge in [-0.1, -0.05) is 18.6 Å². The number of nitrogens with zero attached hydrogens (tertiary/aromatic N) is 3. The third-order valence-corrected chi connectivity index (χ3v) is 5.27. The van der Waals surface area contributed by atoms with Crippen molar-refractivity contribution in [3.8, 4) is 11.4 Å². The van der Waals surface area contributed by atoms with Crippen molar-refractivity contribution in [2.24, 2.45) is 5.92 Å². The van der Waals surface area contributed by atoms with Crippen LogP contribution in [0, 0.1) is 5.92 Å². The number of H-pyrrole nitrogens is 1. The van der Waals surface area contributed by atoms with Gasteiger partial charge in [-0.25, -0.2) is 4.98 Å². The van der Waals surface area contributed by atoms with Gasteiger partial charge in [0.15, 0.2) is 5.82 Å². The van der Waals surface area contributed by atoms with E-state index in [0.29, 0.717) is 31.1 Å². The van der Waals surface area contributed by atoms with E-state index in [2.05, 4.69) is 15.2 Å². The molecule has 132 valence electrons. The second kappa shape index (κ2) is 6.93. The van der Waals surface area contributed by atoms with Gasteiger partial charge in [-0.15, -0.1) is 0 Å². The quantitative estimate of drug-likeness (QED) is 0.881. The van der Waals surface area contributed by atoms with Gasteiger partial charge in [0, 0.05) is 23.6 Å². The van der Waals surface area contributed by atoms with Crippen molar-refractivity contribution in [3.63, 3.8) is 0 Å². The summed E-state index contributed by atoms with van der Waals surface area (Å²) in [4.78, 5) is 19.0. The fourth-order valence-electron chi connectivity index (χ4n) is 3.93. The molecule has 2 heterocycles. The van der Waals surface area contributed by atoms with Crippen LogP contribution in [-0.2, 0) is 4.74 Å². The summed E-state index contributed by atoms with van der Waals surface area (Å²) < 4.78 is 5.60. The third kappa shape index (κ3) is 3.17. The summed E-state index contributed by atoms with van der Waals surface area (Å²) >= 11 is 0. The Labute approximate surface area is 146 Å². The second-order valence-electron chi connectivity index (χ2n) is 6.71. The Bertz CT molecular complexity index is 716. The van der Waals surface area contributed by atoms with E-state index in [1.165, 1.54) is 6.33 Å². The number of carbonyl (C=O) groups excluding carboxylic acids is 1. The lowest BCUT2D eigenvalue weighted by Crippen LogP contribution is -2.53. The number of aliphatic hydroxyl groups is 1. The van der Waals surface area contributed by atoms with Gasteiger partial charge < -0.3 is 14.7 Å². The Morgan fingerprint density at radius 3 is 2.80 bits per heavy atom. The molecule has 3 atom stereocenters. The summed E-state index contributed by atoms with van der Waals surface area (Å²) in [7, 11) is 0. The number of ether oxygens (including phenoxy) is 1. The predicted octanol–water partition coefficient (Wildman–Crippen LogP) is 1.47. The molecule has 4 rings (SSSR count). The zero-order chi connectivity index (χ0) is 17.2. The molecule has 0 spiro atoms. The van der Waals surface area contributed by atoms with Crippen molar-refractivity contribution in [2.45, 2.75) is 31.4 Å². The first kappa shape index (κ1) is 16.2. The Morgan fingerprint density at radius 1 is 1.28 bits per heavy atom. The molecule has 1 aromatic carbocycles. The summed E-state index contributed by atoms with van der Waals surface area (Å²) in [6.07, 6.45) is 3.89. The van der Waals surface area contributed by atoms with E-state index >= 15 is 0 Å². The van der Waals surface area contributed by atoms with Crippen LogP contribution in [0.25, 0.3) is 11.4 Å². The van der Waals surface area contributed by atoms with Crippen molar-refractivity contribution in [2.75, 3.05) is 19.8 Å². The summed E-state index contributed by atoms with van der Waals surface area (Å²) in [5.74, 6) is 0.784. The molecule has 1 aliphatic heterocycles. The summed E-state index contributed by atoms with van der Waals surface area (Å²) in [5.41, 5.74) is 1.53. The number of morpholine rings is 1. The molecule has 2 N–H and O–H groups in total. The molecule has 2 aromatic rings. The highest BCUT2D eigenvalue weighted by Crippen LogP contribution is 2.33. The van der Waals surface area contributed by atoms with Crippen LogP contribution in [0.15, 0.2) is 30.6 Å². The molecular weight excluding hydrogens is 320 g/mol. The van der Waals surface area contributed by atoms with Crippen LogP contribution in [0.5, 0.6) is 0 Å². The van der Waals surface area contributed by atoms with Gasteiger partial charge in [0.25, 0.3) is 5.91 Å². The summed E-state index contributed by atoms with van der Waals surface area (Å²) in [5, 5.41) is 16.9. The van der Waals surface area contributed by atoms with Gasteiger partial charge in [-0.2, -0.15) is 5.10 Å². The molecule has 7 nitrogen and oxygen atoms in total. The maximum absolute atomic E-state index is 13.0. The Balaban J connectivity index is 1.54. The monoisotopic (exact) mass is 342 g/mol. The number of benzene rings is 1. The van der Waals surface area contributed by atoms with Crippen molar-refractivity contribution in [1.82, 2.24) is 20.1 Å². The van der Waals surface area contributed by atoms with Crippen LogP contribution in [0.4, 0.5) is 0 Å². The molecule has 7 heteroatoms. The van der Waals surface area contributed by atoms with E-state index in [-0.39, 0.29) is 24.0 Å².